The molecule has 0 aromatic heterocycles. The van der Waals surface area contributed by atoms with Gasteiger partial charge in [0.15, 0.2) is 0 Å². The topological polar surface area (TPSA) is 24.5 Å². The summed E-state index contributed by atoms with van der Waals surface area (Å²) in [7, 11) is 1.74. The second-order valence-corrected chi connectivity index (χ2v) is 7.06. The molecule has 0 amide bonds. The minimum atomic E-state index is 0.308. The van der Waals surface area contributed by atoms with Crippen LogP contribution in [0.3, 0.4) is 0 Å². The highest BCUT2D eigenvalue weighted by Crippen LogP contribution is 2.20. The molecule has 1 aliphatic heterocycles. The molecule has 1 aromatic carbocycles. The molecule has 0 atom stereocenters. The Bertz CT molecular complexity index is 414. The highest BCUT2D eigenvalue weighted by molar-refractivity contribution is 5.22. The Balaban J connectivity index is 1.74. The van der Waals surface area contributed by atoms with Gasteiger partial charge in [-0.25, -0.2) is 0 Å². The Hall–Kier alpha value is -0.900. The van der Waals surface area contributed by atoms with Crippen LogP contribution < -0.4 is 5.32 Å². The third-order valence-electron chi connectivity index (χ3n) is 4.37. The lowest BCUT2D eigenvalue weighted by molar-refractivity contribution is 0.0960. The van der Waals surface area contributed by atoms with Gasteiger partial charge in [0.2, 0.25) is 0 Å². The van der Waals surface area contributed by atoms with Crippen LogP contribution in [-0.4, -0.2) is 36.7 Å². The SMILES string of the molecule is COCc1ccc(CNC2CCN(C(C)(C)C)CC2)cc1. The van der Waals surface area contributed by atoms with E-state index in [0.717, 1.165) is 6.54 Å². The molecule has 2 rings (SSSR count). The normalized spacial score (nSPS) is 18.1. The molecule has 1 N–H and O–H groups in total. The molecule has 21 heavy (non-hydrogen) atoms. The van der Waals surface area contributed by atoms with E-state index in [1.165, 1.54) is 37.1 Å². The zero-order chi connectivity index (χ0) is 15.3. The van der Waals surface area contributed by atoms with Gasteiger partial charge in [0, 0.05) is 38.3 Å². The molecule has 118 valence electrons. The van der Waals surface area contributed by atoms with Crippen molar-refractivity contribution >= 4 is 0 Å². The van der Waals surface area contributed by atoms with Gasteiger partial charge in [-0.1, -0.05) is 24.3 Å². The fourth-order valence-corrected chi connectivity index (χ4v) is 2.94. The summed E-state index contributed by atoms with van der Waals surface area (Å²) in [6.45, 7) is 11.0. The van der Waals surface area contributed by atoms with Crippen molar-refractivity contribution in [2.24, 2.45) is 0 Å². The first-order valence-corrected chi connectivity index (χ1v) is 8.04. The average molecular weight is 290 g/mol. The molecule has 3 heteroatoms. The van der Waals surface area contributed by atoms with Crippen molar-refractivity contribution < 1.29 is 4.74 Å². The van der Waals surface area contributed by atoms with E-state index in [1.807, 2.05) is 0 Å². The van der Waals surface area contributed by atoms with Gasteiger partial charge in [0.1, 0.15) is 0 Å². The number of ether oxygens (including phenoxy) is 1. The van der Waals surface area contributed by atoms with Crippen molar-refractivity contribution in [1.82, 2.24) is 10.2 Å². The Labute approximate surface area is 129 Å². The molecule has 1 saturated heterocycles. The maximum atomic E-state index is 5.14. The average Bonchev–Trinajstić information content (AvgIpc) is 2.46. The van der Waals surface area contributed by atoms with Crippen LogP contribution in [0.15, 0.2) is 24.3 Å². The summed E-state index contributed by atoms with van der Waals surface area (Å²) < 4.78 is 5.14. The van der Waals surface area contributed by atoms with Crippen LogP contribution in [0.25, 0.3) is 0 Å². The van der Waals surface area contributed by atoms with Gasteiger partial charge in [0.05, 0.1) is 6.61 Å². The van der Waals surface area contributed by atoms with Crippen molar-refractivity contribution in [2.75, 3.05) is 20.2 Å². The molecule has 1 fully saturated rings. The van der Waals surface area contributed by atoms with Crippen molar-refractivity contribution in [3.05, 3.63) is 35.4 Å². The van der Waals surface area contributed by atoms with E-state index in [0.29, 0.717) is 18.2 Å². The van der Waals surface area contributed by atoms with E-state index in [1.54, 1.807) is 7.11 Å². The van der Waals surface area contributed by atoms with Gasteiger partial charge in [-0.05, 0) is 44.7 Å². The molecule has 0 radical (unpaired) electrons. The van der Waals surface area contributed by atoms with Crippen molar-refractivity contribution in [2.45, 2.75) is 58.3 Å². The summed E-state index contributed by atoms with van der Waals surface area (Å²) in [5.74, 6) is 0. The lowest BCUT2D eigenvalue weighted by Gasteiger charge is -2.41. The smallest absolute Gasteiger partial charge is 0.0713 e. The van der Waals surface area contributed by atoms with Gasteiger partial charge in [-0.2, -0.15) is 0 Å². The Morgan fingerprint density at radius 1 is 1.10 bits per heavy atom. The summed E-state index contributed by atoms with van der Waals surface area (Å²) >= 11 is 0. The van der Waals surface area contributed by atoms with E-state index in [2.05, 4.69) is 55.3 Å². The fraction of sp³-hybridized carbons (Fsp3) is 0.667. The lowest BCUT2D eigenvalue weighted by atomic mass is 9.98. The van der Waals surface area contributed by atoms with Crippen molar-refractivity contribution in [3.8, 4) is 0 Å². The summed E-state index contributed by atoms with van der Waals surface area (Å²) in [6.07, 6.45) is 2.50. The first-order valence-electron chi connectivity index (χ1n) is 8.04. The van der Waals surface area contributed by atoms with E-state index >= 15 is 0 Å². The summed E-state index contributed by atoms with van der Waals surface area (Å²) in [4.78, 5) is 2.59. The maximum absolute atomic E-state index is 5.14. The number of benzene rings is 1. The van der Waals surface area contributed by atoms with Crippen LogP contribution in [0.4, 0.5) is 0 Å². The number of rotatable bonds is 5. The molecule has 0 spiro atoms. The number of nitrogens with one attached hydrogen (secondary N) is 1. The zero-order valence-corrected chi connectivity index (χ0v) is 14.0. The molecule has 3 nitrogen and oxygen atoms in total. The third kappa shape index (κ3) is 5.10. The van der Waals surface area contributed by atoms with E-state index < -0.39 is 0 Å². The molecule has 1 aliphatic rings. The van der Waals surface area contributed by atoms with E-state index in [9.17, 15) is 0 Å². The highest BCUT2D eigenvalue weighted by atomic mass is 16.5. The molecule has 0 bridgehead atoms. The van der Waals surface area contributed by atoms with Crippen molar-refractivity contribution in [3.63, 3.8) is 0 Å². The first-order chi connectivity index (χ1) is 9.99. The molecular weight excluding hydrogens is 260 g/mol. The van der Waals surface area contributed by atoms with Gasteiger partial charge in [-0.3, -0.25) is 4.90 Å². The minimum absolute atomic E-state index is 0.308. The predicted octanol–water partition coefficient (Wildman–Crippen LogP) is 3.19. The summed E-state index contributed by atoms with van der Waals surface area (Å²) in [5.41, 5.74) is 2.90. The van der Waals surface area contributed by atoms with Gasteiger partial charge in [0.25, 0.3) is 0 Å². The molecular formula is C18H30N2O. The predicted molar refractivity (Wildman–Crippen MR) is 88.3 cm³/mol. The number of likely N-dealkylation sites (tertiary alicyclic amines) is 1. The number of hydrogen-bond acceptors (Lipinski definition) is 3. The quantitative estimate of drug-likeness (QED) is 0.901. The van der Waals surface area contributed by atoms with Crippen LogP contribution >= 0.6 is 0 Å². The first kappa shape index (κ1) is 16.5. The number of methoxy groups -OCH3 is 1. The molecule has 0 saturated carbocycles. The highest BCUT2D eigenvalue weighted by Gasteiger charge is 2.26. The second kappa shape index (κ2) is 7.39. The second-order valence-electron chi connectivity index (χ2n) is 7.06. The largest absolute Gasteiger partial charge is 0.380 e. The minimum Gasteiger partial charge on any atom is -0.380 e. The van der Waals surface area contributed by atoms with Crippen LogP contribution in [0.1, 0.15) is 44.7 Å². The fourth-order valence-electron chi connectivity index (χ4n) is 2.94. The standard InChI is InChI=1S/C18H30N2O/c1-18(2,3)20-11-9-17(10-12-20)19-13-15-5-7-16(8-6-15)14-21-4/h5-8,17,19H,9-14H2,1-4H3. The lowest BCUT2D eigenvalue weighted by Crippen LogP contribution is -2.49. The van der Waals surface area contributed by atoms with Crippen LogP contribution in [-0.2, 0) is 17.9 Å². The Morgan fingerprint density at radius 3 is 2.19 bits per heavy atom. The maximum Gasteiger partial charge on any atom is 0.0713 e. The zero-order valence-electron chi connectivity index (χ0n) is 14.0. The van der Waals surface area contributed by atoms with Crippen molar-refractivity contribution in [1.29, 1.82) is 0 Å². The van der Waals surface area contributed by atoms with Gasteiger partial charge >= 0.3 is 0 Å². The Morgan fingerprint density at radius 2 is 1.67 bits per heavy atom. The van der Waals surface area contributed by atoms with E-state index in [4.69, 9.17) is 4.74 Å². The van der Waals surface area contributed by atoms with Crippen LogP contribution in [0.5, 0.6) is 0 Å². The van der Waals surface area contributed by atoms with E-state index in [-0.39, 0.29) is 0 Å². The van der Waals surface area contributed by atoms with Gasteiger partial charge in [-0.15, -0.1) is 0 Å². The monoisotopic (exact) mass is 290 g/mol. The van der Waals surface area contributed by atoms with Gasteiger partial charge < -0.3 is 10.1 Å². The third-order valence-corrected chi connectivity index (χ3v) is 4.37. The van der Waals surface area contributed by atoms with Crippen LogP contribution in [0, 0.1) is 0 Å². The molecule has 0 aliphatic carbocycles. The molecule has 1 heterocycles. The van der Waals surface area contributed by atoms with Crippen LogP contribution in [0.2, 0.25) is 0 Å². The Kier molecular flexibility index (Phi) is 5.80. The molecule has 0 unspecified atom stereocenters. The number of nitrogens with zero attached hydrogens (tertiary/aromatic N) is 1. The summed E-state index contributed by atoms with van der Waals surface area (Å²) in [5, 5.41) is 3.70. The summed E-state index contributed by atoms with van der Waals surface area (Å²) in [6, 6.07) is 9.37. The number of piperidine rings is 1. The molecule has 1 aromatic rings. The number of hydrogen-bond donors (Lipinski definition) is 1.